The van der Waals surface area contributed by atoms with E-state index in [1.807, 2.05) is 12.1 Å². The third kappa shape index (κ3) is 4.40. The van der Waals surface area contributed by atoms with E-state index in [0.29, 0.717) is 10.8 Å². The lowest BCUT2D eigenvalue weighted by atomic mass is 10.00. The lowest BCUT2D eigenvalue weighted by molar-refractivity contribution is -0.168. The van der Waals surface area contributed by atoms with Crippen LogP contribution in [0.25, 0.3) is 0 Å². The van der Waals surface area contributed by atoms with Crippen LogP contribution in [0.3, 0.4) is 0 Å². The first-order valence-corrected chi connectivity index (χ1v) is 7.76. The number of phenols is 1. The maximum Gasteiger partial charge on any atom is 0.350 e. The second kappa shape index (κ2) is 7.55. The number of carboxylic acids is 1. The van der Waals surface area contributed by atoms with E-state index >= 15 is 0 Å². The molecular formula is C18H19ClO5. The number of hydrogen-bond acceptors (Lipinski definition) is 4. The summed E-state index contributed by atoms with van der Waals surface area (Å²) in [5, 5.41) is 19.5. The molecule has 0 aliphatic rings. The van der Waals surface area contributed by atoms with Crippen LogP contribution in [0.5, 0.6) is 11.5 Å². The lowest BCUT2D eigenvalue weighted by Crippen LogP contribution is -2.51. The number of carboxylic acid groups (broad SMARTS) is 1. The second-order valence-electron chi connectivity index (χ2n) is 5.59. The summed E-state index contributed by atoms with van der Waals surface area (Å²) in [6.45, 7) is 3.33. The Kier molecular flexibility index (Phi) is 5.70. The number of phenolic OH excluding ortho intramolecular Hbond substituents is 1. The average Bonchev–Trinajstić information content (AvgIpc) is 2.56. The minimum Gasteiger partial charge on any atom is -0.508 e. The summed E-state index contributed by atoms with van der Waals surface area (Å²) in [7, 11) is 0. The van der Waals surface area contributed by atoms with Crippen molar-refractivity contribution in [3.63, 3.8) is 0 Å². The van der Waals surface area contributed by atoms with Gasteiger partial charge < -0.3 is 19.7 Å². The van der Waals surface area contributed by atoms with Gasteiger partial charge in [0.25, 0.3) is 0 Å². The van der Waals surface area contributed by atoms with Gasteiger partial charge in [0, 0.05) is 5.02 Å². The molecule has 0 amide bonds. The molecule has 2 unspecified atom stereocenters. The zero-order valence-electron chi connectivity index (χ0n) is 13.4. The first-order chi connectivity index (χ1) is 11.3. The maximum atomic E-state index is 11.7. The van der Waals surface area contributed by atoms with Crippen LogP contribution in [-0.4, -0.2) is 27.9 Å². The van der Waals surface area contributed by atoms with Crippen molar-refractivity contribution < 1.29 is 24.5 Å². The van der Waals surface area contributed by atoms with Crippen molar-refractivity contribution in [3.8, 4) is 11.5 Å². The molecule has 0 saturated heterocycles. The number of ether oxygens (including phenoxy) is 2. The van der Waals surface area contributed by atoms with Crippen LogP contribution in [0.4, 0.5) is 0 Å². The molecule has 6 heteroatoms. The van der Waals surface area contributed by atoms with E-state index in [9.17, 15) is 15.0 Å². The molecule has 24 heavy (non-hydrogen) atoms. The van der Waals surface area contributed by atoms with Crippen LogP contribution in [0.15, 0.2) is 48.5 Å². The Bertz CT molecular complexity index is 684. The summed E-state index contributed by atoms with van der Waals surface area (Å²) >= 11 is 5.83. The molecule has 0 bridgehead atoms. The van der Waals surface area contributed by atoms with Crippen molar-refractivity contribution in [2.45, 2.75) is 32.2 Å². The van der Waals surface area contributed by atoms with Gasteiger partial charge in [-0.2, -0.15) is 0 Å². The van der Waals surface area contributed by atoms with Crippen LogP contribution in [0, 0.1) is 0 Å². The predicted octanol–water partition coefficient (Wildman–Crippen LogP) is 3.87. The lowest BCUT2D eigenvalue weighted by Gasteiger charge is -2.32. The highest BCUT2D eigenvalue weighted by Gasteiger charge is 2.42. The zero-order chi connectivity index (χ0) is 17.7. The Morgan fingerprint density at radius 2 is 1.75 bits per heavy atom. The number of rotatable bonds is 7. The molecular weight excluding hydrogens is 332 g/mol. The van der Waals surface area contributed by atoms with E-state index in [0.717, 1.165) is 5.56 Å². The highest BCUT2D eigenvalue weighted by atomic mass is 35.5. The molecule has 0 aromatic heterocycles. The van der Waals surface area contributed by atoms with E-state index in [2.05, 4.69) is 0 Å². The fourth-order valence-corrected chi connectivity index (χ4v) is 2.15. The molecule has 128 valence electrons. The highest BCUT2D eigenvalue weighted by Crippen LogP contribution is 2.26. The standard InChI is InChI=1S/C18H19ClO5/c1-12(23-11-13-3-5-14(19)6-4-13)18(2,17(21)22)24-16-9-7-15(20)8-10-16/h3-10,12,20H,11H2,1-2H3,(H,21,22). The van der Waals surface area contributed by atoms with Crippen LogP contribution in [0.2, 0.25) is 5.02 Å². The van der Waals surface area contributed by atoms with Crippen molar-refractivity contribution in [1.82, 2.24) is 0 Å². The van der Waals surface area contributed by atoms with E-state index in [1.54, 1.807) is 19.1 Å². The van der Waals surface area contributed by atoms with Gasteiger partial charge in [0.2, 0.25) is 5.60 Å². The highest BCUT2D eigenvalue weighted by molar-refractivity contribution is 6.30. The largest absolute Gasteiger partial charge is 0.508 e. The Morgan fingerprint density at radius 3 is 2.29 bits per heavy atom. The molecule has 2 aromatic rings. The van der Waals surface area contributed by atoms with Gasteiger partial charge in [-0.15, -0.1) is 0 Å². The quantitative estimate of drug-likeness (QED) is 0.792. The van der Waals surface area contributed by atoms with Crippen molar-refractivity contribution in [2.75, 3.05) is 0 Å². The van der Waals surface area contributed by atoms with Gasteiger partial charge in [0.15, 0.2) is 0 Å². The molecule has 0 radical (unpaired) electrons. The molecule has 0 heterocycles. The fraction of sp³-hybridized carbons (Fsp3) is 0.278. The molecule has 2 atom stereocenters. The molecule has 5 nitrogen and oxygen atoms in total. The SMILES string of the molecule is CC(OCc1ccc(Cl)cc1)C(C)(Oc1ccc(O)cc1)C(=O)O. The number of aliphatic carboxylic acids is 1. The van der Waals surface area contributed by atoms with Crippen LogP contribution < -0.4 is 4.74 Å². The van der Waals surface area contributed by atoms with Crippen LogP contribution >= 0.6 is 11.6 Å². The van der Waals surface area contributed by atoms with Gasteiger partial charge in [0.05, 0.1) is 6.61 Å². The minimum atomic E-state index is -1.58. The number of benzene rings is 2. The van der Waals surface area contributed by atoms with Gasteiger partial charge in [-0.05, 0) is 55.8 Å². The van der Waals surface area contributed by atoms with Gasteiger partial charge in [-0.25, -0.2) is 4.79 Å². The summed E-state index contributed by atoms with van der Waals surface area (Å²) in [6.07, 6.45) is -0.723. The minimum absolute atomic E-state index is 0.0754. The summed E-state index contributed by atoms with van der Waals surface area (Å²) in [6, 6.07) is 13.0. The predicted molar refractivity (Wildman–Crippen MR) is 90.5 cm³/mol. The maximum absolute atomic E-state index is 11.7. The molecule has 0 fully saturated rings. The normalized spacial score (nSPS) is 14.6. The molecule has 2 rings (SSSR count). The Hall–Kier alpha value is -2.24. The first-order valence-electron chi connectivity index (χ1n) is 7.39. The number of halogens is 1. The molecule has 0 spiro atoms. The van der Waals surface area contributed by atoms with Gasteiger partial charge in [0.1, 0.15) is 17.6 Å². The average molecular weight is 351 g/mol. The van der Waals surface area contributed by atoms with E-state index in [4.69, 9.17) is 21.1 Å². The topological polar surface area (TPSA) is 76.0 Å². The first kappa shape index (κ1) is 18.1. The summed E-state index contributed by atoms with van der Waals surface area (Å²) in [5.74, 6) is -0.731. The Labute approximate surface area is 145 Å². The number of carbonyl (C=O) groups is 1. The van der Waals surface area contributed by atoms with Gasteiger partial charge >= 0.3 is 5.97 Å². The van der Waals surface area contributed by atoms with Crippen molar-refractivity contribution in [2.24, 2.45) is 0 Å². The molecule has 0 saturated carbocycles. The molecule has 2 aromatic carbocycles. The van der Waals surface area contributed by atoms with E-state index in [-0.39, 0.29) is 12.4 Å². The van der Waals surface area contributed by atoms with Crippen LogP contribution in [0.1, 0.15) is 19.4 Å². The second-order valence-corrected chi connectivity index (χ2v) is 6.02. The fourth-order valence-electron chi connectivity index (χ4n) is 2.02. The molecule has 0 aliphatic carbocycles. The summed E-state index contributed by atoms with van der Waals surface area (Å²) in [5.41, 5.74) is -0.702. The van der Waals surface area contributed by atoms with Crippen LogP contribution in [-0.2, 0) is 16.1 Å². The monoisotopic (exact) mass is 350 g/mol. The summed E-state index contributed by atoms with van der Waals surface area (Å²) in [4.78, 5) is 11.7. The van der Waals surface area contributed by atoms with E-state index < -0.39 is 17.7 Å². The van der Waals surface area contributed by atoms with E-state index in [1.165, 1.54) is 31.2 Å². The Balaban J connectivity index is 2.08. The smallest absolute Gasteiger partial charge is 0.350 e. The van der Waals surface area contributed by atoms with Gasteiger partial charge in [-0.1, -0.05) is 23.7 Å². The van der Waals surface area contributed by atoms with Gasteiger partial charge in [-0.3, -0.25) is 0 Å². The zero-order valence-corrected chi connectivity index (χ0v) is 14.2. The number of hydrogen-bond donors (Lipinski definition) is 2. The Morgan fingerprint density at radius 1 is 1.17 bits per heavy atom. The van der Waals surface area contributed by atoms with Crippen molar-refractivity contribution >= 4 is 17.6 Å². The molecule has 0 aliphatic heterocycles. The van der Waals surface area contributed by atoms with Crippen molar-refractivity contribution in [1.29, 1.82) is 0 Å². The number of aromatic hydroxyl groups is 1. The summed E-state index contributed by atoms with van der Waals surface area (Å²) < 4.78 is 11.3. The third-order valence-electron chi connectivity index (χ3n) is 3.78. The third-order valence-corrected chi connectivity index (χ3v) is 4.03. The van der Waals surface area contributed by atoms with Crippen molar-refractivity contribution in [3.05, 3.63) is 59.1 Å². The molecule has 2 N–H and O–H groups in total.